The van der Waals surface area contributed by atoms with Gasteiger partial charge in [0.25, 0.3) is 0 Å². The molecule has 0 radical (unpaired) electrons. The molecular formula is C10H18N2O3. The van der Waals surface area contributed by atoms with Crippen molar-refractivity contribution < 1.29 is 14.3 Å². The molecule has 0 aliphatic carbocycles. The Morgan fingerprint density at radius 2 is 1.93 bits per heavy atom. The van der Waals surface area contributed by atoms with E-state index in [1.807, 2.05) is 13.8 Å². The van der Waals surface area contributed by atoms with Gasteiger partial charge in [-0.2, -0.15) is 0 Å². The molecule has 1 rings (SSSR count). The molecule has 5 nitrogen and oxygen atoms in total. The number of morpholine rings is 1. The van der Waals surface area contributed by atoms with Gasteiger partial charge in [-0.05, 0) is 13.8 Å². The van der Waals surface area contributed by atoms with E-state index in [9.17, 15) is 9.59 Å². The van der Waals surface area contributed by atoms with Gasteiger partial charge in [-0.3, -0.25) is 9.59 Å². The fourth-order valence-electron chi connectivity index (χ4n) is 1.43. The van der Waals surface area contributed by atoms with Crippen molar-refractivity contribution in [1.82, 2.24) is 10.2 Å². The molecule has 1 aliphatic heterocycles. The summed E-state index contributed by atoms with van der Waals surface area (Å²) in [5.74, 6) is -0.321. The van der Waals surface area contributed by atoms with Crippen LogP contribution in [0.4, 0.5) is 0 Å². The van der Waals surface area contributed by atoms with Gasteiger partial charge in [0.1, 0.15) is 6.42 Å². The van der Waals surface area contributed by atoms with Gasteiger partial charge in [-0.25, -0.2) is 0 Å². The normalized spacial score (nSPS) is 16.6. The first kappa shape index (κ1) is 12.0. The second-order valence-corrected chi connectivity index (χ2v) is 3.89. The Bertz CT molecular complexity index is 235. The minimum absolute atomic E-state index is 0.0574. The lowest BCUT2D eigenvalue weighted by atomic mass is 10.3. The van der Waals surface area contributed by atoms with Crippen LogP contribution in [0.1, 0.15) is 20.3 Å². The summed E-state index contributed by atoms with van der Waals surface area (Å²) in [6.07, 6.45) is -0.0574. The molecule has 0 aromatic heterocycles. The first-order valence-corrected chi connectivity index (χ1v) is 5.24. The van der Waals surface area contributed by atoms with Gasteiger partial charge in [0.15, 0.2) is 0 Å². The Hall–Kier alpha value is -1.10. The summed E-state index contributed by atoms with van der Waals surface area (Å²) in [6.45, 7) is 6.06. The third-order valence-corrected chi connectivity index (χ3v) is 2.13. The molecule has 1 aliphatic rings. The van der Waals surface area contributed by atoms with Crippen molar-refractivity contribution in [2.75, 3.05) is 26.3 Å². The molecule has 5 heteroatoms. The van der Waals surface area contributed by atoms with Crippen LogP contribution in [0.2, 0.25) is 0 Å². The predicted octanol–water partition coefficient (Wildman–Crippen LogP) is -0.240. The number of nitrogens with one attached hydrogen (secondary N) is 1. The quantitative estimate of drug-likeness (QED) is 0.660. The molecular weight excluding hydrogens is 196 g/mol. The van der Waals surface area contributed by atoms with E-state index in [4.69, 9.17) is 4.74 Å². The first-order valence-electron chi connectivity index (χ1n) is 5.24. The van der Waals surface area contributed by atoms with Crippen LogP contribution >= 0.6 is 0 Å². The summed E-state index contributed by atoms with van der Waals surface area (Å²) in [4.78, 5) is 24.6. The third-order valence-electron chi connectivity index (χ3n) is 2.13. The Morgan fingerprint density at radius 3 is 2.47 bits per heavy atom. The van der Waals surface area contributed by atoms with Crippen molar-refractivity contribution in [1.29, 1.82) is 0 Å². The number of hydrogen-bond acceptors (Lipinski definition) is 3. The fourth-order valence-corrected chi connectivity index (χ4v) is 1.43. The Labute approximate surface area is 89.8 Å². The maximum atomic E-state index is 11.6. The fraction of sp³-hybridized carbons (Fsp3) is 0.800. The molecule has 2 amide bonds. The van der Waals surface area contributed by atoms with Crippen molar-refractivity contribution >= 4 is 11.8 Å². The number of ether oxygens (including phenoxy) is 1. The van der Waals surface area contributed by atoms with Crippen LogP contribution in [-0.4, -0.2) is 49.1 Å². The van der Waals surface area contributed by atoms with Crippen LogP contribution in [0.3, 0.4) is 0 Å². The molecule has 1 fully saturated rings. The lowest BCUT2D eigenvalue weighted by molar-refractivity contribution is -0.139. The maximum Gasteiger partial charge on any atom is 0.232 e. The van der Waals surface area contributed by atoms with E-state index < -0.39 is 0 Å². The molecule has 0 aromatic carbocycles. The van der Waals surface area contributed by atoms with E-state index in [2.05, 4.69) is 5.32 Å². The van der Waals surface area contributed by atoms with Gasteiger partial charge < -0.3 is 15.0 Å². The summed E-state index contributed by atoms with van der Waals surface area (Å²) in [5.41, 5.74) is 0. The van der Waals surface area contributed by atoms with Crippen molar-refractivity contribution in [3.63, 3.8) is 0 Å². The number of rotatable bonds is 3. The smallest absolute Gasteiger partial charge is 0.232 e. The molecule has 0 atom stereocenters. The summed E-state index contributed by atoms with van der Waals surface area (Å²) in [5, 5.41) is 2.70. The molecule has 1 saturated heterocycles. The van der Waals surface area contributed by atoms with Crippen LogP contribution in [0.25, 0.3) is 0 Å². The average molecular weight is 214 g/mol. The lowest BCUT2D eigenvalue weighted by Gasteiger charge is -2.26. The average Bonchev–Trinajstić information content (AvgIpc) is 2.17. The summed E-state index contributed by atoms with van der Waals surface area (Å²) in [7, 11) is 0. The summed E-state index contributed by atoms with van der Waals surface area (Å²) >= 11 is 0. The Kier molecular flexibility index (Phi) is 4.55. The first-order chi connectivity index (χ1) is 7.09. The largest absolute Gasteiger partial charge is 0.378 e. The highest BCUT2D eigenvalue weighted by molar-refractivity contribution is 5.97. The number of carbonyl (C=O) groups excluding carboxylic acids is 2. The monoisotopic (exact) mass is 214 g/mol. The van der Waals surface area contributed by atoms with Gasteiger partial charge in [-0.15, -0.1) is 0 Å². The molecule has 15 heavy (non-hydrogen) atoms. The van der Waals surface area contributed by atoms with E-state index in [1.54, 1.807) is 4.90 Å². The molecule has 1 heterocycles. The topological polar surface area (TPSA) is 58.6 Å². The number of amides is 2. The van der Waals surface area contributed by atoms with Crippen LogP contribution in [0.5, 0.6) is 0 Å². The van der Waals surface area contributed by atoms with Crippen molar-refractivity contribution in [2.24, 2.45) is 0 Å². The van der Waals surface area contributed by atoms with Gasteiger partial charge in [-0.1, -0.05) is 0 Å². The highest BCUT2D eigenvalue weighted by Crippen LogP contribution is 2.00. The molecule has 86 valence electrons. The van der Waals surface area contributed by atoms with E-state index in [0.29, 0.717) is 26.3 Å². The predicted molar refractivity (Wildman–Crippen MR) is 55.3 cm³/mol. The Balaban J connectivity index is 2.30. The highest BCUT2D eigenvalue weighted by Gasteiger charge is 2.19. The molecule has 0 aromatic rings. The van der Waals surface area contributed by atoms with Gasteiger partial charge in [0, 0.05) is 19.1 Å². The molecule has 0 spiro atoms. The van der Waals surface area contributed by atoms with Crippen LogP contribution in [0, 0.1) is 0 Å². The zero-order valence-corrected chi connectivity index (χ0v) is 9.28. The molecule has 0 saturated carbocycles. The molecule has 0 bridgehead atoms. The van der Waals surface area contributed by atoms with Crippen molar-refractivity contribution in [2.45, 2.75) is 26.3 Å². The van der Waals surface area contributed by atoms with E-state index in [1.165, 1.54) is 0 Å². The second-order valence-electron chi connectivity index (χ2n) is 3.89. The number of hydrogen-bond donors (Lipinski definition) is 1. The van der Waals surface area contributed by atoms with Crippen LogP contribution < -0.4 is 5.32 Å². The zero-order valence-electron chi connectivity index (χ0n) is 9.28. The van der Waals surface area contributed by atoms with Gasteiger partial charge in [0.2, 0.25) is 11.8 Å². The van der Waals surface area contributed by atoms with E-state index >= 15 is 0 Å². The van der Waals surface area contributed by atoms with E-state index in [0.717, 1.165) is 0 Å². The van der Waals surface area contributed by atoms with Gasteiger partial charge in [0.05, 0.1) is 13.2 Å². The van der Waals surface area contributed by atoms with E-state index in [-0.39, 0.29) is 24.3 Å². The standard InChI is InChI=1S/C10H18N2O3/c1-8(2)11-9(13)7-10(14)12-3-5-15-6-4-12/h8H,3-7H2,1-2H3,(H,11,13). The number of nitrogens with zero attached hydrogens (tertiary/aromatic N) is 1. The van der Waals surface area contributed by atoms with Crippen molar-refractivity contribution in [3.8, 4) is 0 Å². The summed E-state index contributed by atoms with van der Waals surface area (Å²) < 4.78 is 5.12. The highest BCUT2D eigenvalue weighted by atomic mass is 16.5. The van der Waals surface area contributed by atoms with Crippen molar-refractivity contribution in [3.05, 3.63) is 0 Å². The second kappa shape index (κ2) is 5.70. The molecule has 0 unspecified atom stereocenters. The Morgan fingerprint density at radius 1 is 1.33 bits per heavy atom. The summed E-state index contributed by atoms with van der Waals surface area (Å²) in [6, 6.07) is 0.0787. The maximum absolute atomic E-state index is 11.6. The van der Waals surface area contributed by atoms with Crippen LogP contribution in [0.15, 0.2) is 0 Å². The minimum Gasteiger partial charge on any atom is -0.378 e. The minimum atomic E-state index is -0.207. The lowest BCUT2D eigenvalue weighted by Crippen LogP contribution is -2.43. The van der Waals surface area contributed by atoms with Gasteiger partial charge >= 0.3 is 0 Å². The zero-order chi connectivity index (χ0) is 11.3. The van der Waals surface area contributed by atoms with Crippen LogP contribution in [-0.2, 0) is 14.3 Å². The third kappa shape index (κ3) is 4.29. The SMILES string of the molecule is CC(C)NC(=O)CC(=O)N1CCOCC1. The number of carbonyl (C=O) groups is 2. The molecule has 1 N–H and O–H groups in total.